The van der Waals surface area contributed by atoms with Crippen molar-refractivity contribution in [2.45, 2.75) is 32.8 Å². The lowest BCUT2D eigenvalue weighted by molar-refractivity contribution is -0.168. The van der Waals surface area contributed by atoms with Crippen molar-refractivity contribution < 1.29 is 14.3 Å². The smallest absolute Gasteiger partial charge is 0.307 e. The first-order chi connectivity index (χ1) is 6.37. The Labute approximate surface area is 93.3 Å². The van der Waals surface area contributed by atoms with Gasteiger partial charge in [-0.2, -0.15) is 0 Å². The van der Waals surface area contributed by atoms with Gasteiger partial charge in [0.05, 0.1) is 19.6 Å². The minimum Gasteiger partial charge on any atom is -0.460 e. The average Bonchev–Trinajstić information content (AvgIpc) is 1.93. The highest BCUT2D eigenvalue weighted by atomic mass is 79.9. The van der Waals surface area contributed by atoms with Gasteiger partial charge in [-0.25, -0.2) is 0 Å². The topological polar surface area (TPSA) is 35.5 Å². The summed E-state index contributed by atoms with van der Waals surface area (Å²) in [6, 6.07) is 0. The second-order valence-corrected chi connectivity index (χ2v) is 5.45. The van der Waals surface area contributed by atoms with E-state index >= 15 is 0 Å². The zero-order chi connectivity index (χ0) is 10.8. The molecular weight excluding hydrogens is 248 g/mol. The Hall–Kier alpha value is -0.0900. The molecular formula is C10H17BrO3. The summed E-state index contributed by atoms with van der Waals surface area (Å²) in [6.07, 6.45) is 0.440. The summed E-state index contributed by atoms with van der Waals surface area (Å²) in [7, 11) is 0. The van der Waals surface area contributed by atoms with Crippen molar-refractivity contribution in [3.8, 4) is 0 Å². The Bertz CT molecular complexity index is 210. The van der Waals surface area contributed by atoms with Gasteiger partial charge in [-0.1, -0.05) is 15.9 Å². The number of carbonyl (C=O) groups excluding carboxylic acids is 1. The van der Waals surface area contributed by atoms with Crippen LogP contribution < -0.4 is 0 Å². The van der Waals surface area contributed by atoms with E-state index in [4.69, 9.17) is 9.47 Å². The van der Waals surface area contributed by atoms with Crippen LogP contribution in [0.1, 0.15) is 27.2 Å². The van der Waals surface area contributed by atoms with E-state index in [0.717, 1.165) is 5.33 Å². The van der Waals surface area contributed by atoms with Crippen LogP contribution in [0.3, 0.4) is 0 Å². The van der Waals surface area contributed by atoms with Gasteiger partial charge in [0, 0.05) is 10.7 Å². The summed E-state index contributed by atoms with van der Waals surface area (Å²) in [5.74, 6) is -0.139. The van der Waals surface area contributed by atoms with Crippen LogP contribution in [0.15, 0.2) is 0 Å². The Morgan fingerprint density at radius 3 is 2.36 bits per heavy atom. The molecule has 14 heavy (non-hydrogen) atoms. The lowest BCUT2D eigenvalue weighted by atomic mass is 9.85. The number of hydrogen-bond donors (Lipinski definition) is 0. The van der Waals surface area contributed by atoms with Crippen molar-refractivity contribution in [1.29, 1.82) is 0 Å². The second kappa shape index (κ2) is 4.19. The maximum Gasteiger partial charge on any atom is 0.307 e. The van der Waals surface area contributed by atoms with E-state index in [0.29, 0.717) is 19.6 Å². The van der Waals surface area contributed by atoms with E-state index in [9.17, 15) is 4.79 Å². The molecule has 0 atom stereocenters. The molecule has 0 radical (unpaired) electrons. The molecule has 1 aliphatic rings. The molecule has 4 heteroatoms. The third-order valence-corrected chi connectivity index (χ3v) is 3.23. The van der Waals surface area contributed by atoms with Crippen LogP contribution >= 0.6 is 15.9 Å². The Kier molecular flexibility index (Phi) is 3.58. The molecule has 1 heterocycles. The van der Waals surface area contributed by atoms with Crippen molar-refractivity contribution >= 4 is 21.9 Å². The van der Waals surface area contributed by atoms with E-state index in [1.165, 1.54) is 0 Å². The Balaban J connectivity index is 2.40. The summed E-state index contributed by atoms with van der Waals surface area (Å²) in [5, 5.41) is 0.791. The van der Waals surface area contributed by atoms with E-state index in [2.05, 4.69) is 15.9 Å². The van der Waals surface area contributed by atoms with Gasteiger partial charge in [-0.15, -0.1) is 0 Å². The molecule has 1 saturated heterocycles. The van der Waals surface area contributed by atoms with Crippen LogP contribution in [-0.2, 0) is 14.3 Å². The van der Waals surface area contributed by atoms with Gasteiger partial charge < -0.3 is 9.47 Å². The number of ether oxygens (including phenoxy) is 2. The zero-order valence-electron chi connectivity index (χ0n) is 8.93. The van der Waals surface area contributed by atoms with Gasteiger partial charge in [0.25, 0.3) is 0 Å². The van der Waals surface area contributed by atoms with E-state index in [1.807, 2.05) is 20.8 Å². The second-order valence-electron chi connectivity index (χ2n) is 4.89. The van der Waals surface area contributed by atoms with Crippen LogP contribution in [0.4, 0.5) is 0 Å². The monoisotopic (exact) mass is 264 g/mol. The molecule has 0 aromatic rings. The number of carbonyl (C=O) groups is 1. The minimum atomic E-state index is -0.394. The van der Waals surface area contributed by atoms with Crippen LogP contribution in [0.25, 0.3) is 0 Å². The van der Waals surface area contributed by atoms with Crippen molar-refractivity contribution in [1.82, 2.24) is 0 Å². The van der Waals surface area contributed by atoms with Crippen molar-refractivity contribution in [3.63, 3.8) is 0 Å². The number of alkyl halides is 1. The molecule has 0 bridgehead atoms. The minimum absolute atomic E-state index is 0.0255. The molecule has 0 aliphatic carbocycles. The molecule has 1 fully saturated rings. The maximum absolute atomic E-state index is 11.5. The molecule has 82 valence electrons. The van der Waals surface area contributed by atoms with Gasteiger partial charge in [0.1, 0.15) is 5.60 Å². The molecule has 1 rings (SSSR count). The largest absolute Gasteiger partial charge is 0.460 e. The fraction of sp³-hybridized carbons (Fsp3) is 0.900. The molecule has 3 nitrogen and oxygen atoms in total. The molecule has 1 aliphatic heterocycles. The zero-order valence-corrected chi connectivity index (χ0v) is 10.5. The highest BCUT2D eigenvalue weighted by Crippen LogP contribution is 2.34. The van der Waals surface area contributed by atoms with Gasteiger partial charge in [-0.05, 0) is 20.8 Å². The SMILES string of the molecule is CC(C)(C)OC(=O)CC1(CBr)COC1. The molecule has 0 N–H and O–H groups in total. The molecule has 0 amide bonds. The summed E-state index contributed by atoms with van der Waals surface area (Å²) in [4.78, 5) is 11.5. The first-order valence-electron chi connectivity index (χ1n) is 4.72. The van der Waals surface area contributed by atoms with Gasteiger partial charge >= 0.3 is 5.97 Å². The Morgan fingerprint density at radius 1 is 1.50 bits per heavy atom. The highest BCUT2D eigenvalue weighted by Gasteiger charge is 2.40. The molecule has 0 unspecified atom stereocenters. The molecule has 0 aromatic heterocycles. The Morgan fingerprint density at radius 2 is 2.07 bits per heavy atom. The van der Waals surface area contributed by atoms with Crippen molar-refractivity contribution in [2.75, 3.05) is 18.5 Å². The van der Waals surface area contributed by atoms with Gasteiger partial charge in [0.2, 0.25) is 0 Å². The van der Waals surface area contributed by atoms with Crippen LogP contribution in [0, 0.1) is 5.41 Å². The number of hydrogen-bond acceptors (Lipinski definition) is 3. The molecule has 0 aromatic carbocycles. The number of rotatable bonds is 3. The number of halogens is 1. The quantitative estimate of drug-likeness (QED) is 0.579. The fourth-order valence-corrected chi connectivity index (χ4v) is 1.82. The van der Waals surface area contributed by atoms with Crippen molar-refractivity contribution in [3.05, 3.63) is 0 Å². The van der Waals surface area contributed by atoms with E-state index in [1.54, 1.807) is 0 Å². The first-order valence-corrected chi connectivity index (χ1v) is 5.85. The highest BCUT2D eigenvalue weighted by molar-refractivity contribution is 9.09. The van der Waals surface area contributed by atoms with Crippen LogP contribution in [0.2, 0.25) is 0 Å². The predicted molar refractivity (Wildman–Crippen MR) is 57.5 cm³/mol. The first kappa shape index (κ1) is 12.0. The van der Waals surface area contributed by atoms with Crippen molar-refractivity contribution in [2.24, 2.45) is 5.41 Å². The third kappa shape index (κ3) is 3.24. The predicted octanol–water partition coefficient (Wildman–Crippen LogP) is 2.13. The van der Waals surface area contributed by atoms with E-state index < -0.39 is 5.60 Å². The van der Waals surface area contributed by atoms with Crippen LogP contribution in [0.5, 0.6) is 0 Å². The molecule has 0 saturated carbocycles. The summed E-state index contributed by atoms with van der Waals surface area (Å²) >= 11 is 3.40. The summed E-state index contributed by atoms with van der Waals surface area (Å²) in [6.45, 7) is 6.93. The van der Waals surface area contributed by atoms with Gasteiger partial charge in [-0.3, -0.25) is 4.79 Å². The summed E-state index contributed by atoms with van der Waals surface area (Å²) < 4.78 is 10.4. The normalized spacial score (nSPS) is 20.0. The lowest BCUT2D eigenvalue weighted by Gasteiger charge is -2.39. The van der Waals surface area contributed by atoms with Gasteiger partial charge in [0.15, 0.2) is 0 Å². The standard InChI is InChI=1S/C10H17BrO3/c1-9(2,3)14-8(12)4-10(5-11)6-13-7-10/h4-7H2,1-3H3. The third-order valence-electron chi connectivity index (χ3n) is 2.04. The number of esters is 1. The summed E-state index contributed by atoms with van der Waals surface area (Å²) in [5.41, 5.74) is -0.419. The van der Waals surface area contributed by atoms with Crippen LogP contribution in [-0.4, -0.2) is 30.1 Å². The lowest BCUT2D eigenvalue weighted by Crippen LogP contribution is -2.46. The molecule has 0 spiro atoms. The fourth-order valence-electron chi connectivity index (χ4n) is 1.30. The maximum atomic E-state index is 11.5. The average molecular weight is 265 g/mol. The van der Waals surface area contributed by atoms with E-state index in [-0.39, 0.29) is 11.4 Å².